The number of amides is 2. The van der Waals surface area contributed by atoms with Crippen molar-refractivity contribution in [3.05, 3.63) is 29.0 Å². The highest BCUT2D eigenvalue weighted by atomic mass is 35.5. The zero-order valence-electron chi connectivity index (χ0n) is 16.0. The van der Waals surface area contributed by atoms with Gasteiger partial charge in [-0.3, -0.25) is 9.59 Å². The molecule has 0 radical (unpaired) electrons. The number of ether oxygens (including phenoxy) is 1. The molecule has 0 spiro atoms. The number of carbonyl (C=O) groups is 2. The van der Waals surface area contributed by atoms with Gasteiger partial charge in [-0.15, -0.1) is 0 Å². The van der Waals surface area contributed by atoms with Crippen molar-refractivity contribution in [2.24, 2.45) is 5.92 Å². The zero-order chi connectivity index (χ0) is 20.6. The van der Waals surface area contributed by atoms with Gasteiger partial charge in [-0.1, -0.05) is 11.6 Å². The number of aliphatic hydroxyl groups excluding tert-OH is 1. The third-order valence-electron chi connectivity index (χ3n) is 6.17. The van der Waals surface area contributed by atoms with Gasteiger partial charge >= 0.3 is 0 Å². The zero-order valence-corrected chi connectivity index (χ0v) is 16.7. The van der Waals surface area contributed by atoms with E-state index in [0.717, 1.165) is 19.0 Å². The molecule has 1 heterocycles. The number of nitrogens with one attached hydrogen (secondary N) is 3. The van der Waals surface area contributed by atoms with Crippen LogP contribution in [-0.4, -0.2) is 53.8 Å². The average molecular weight is 426 g/mol. The molecule has 3 saturated carbocycles. The molecule has 0 aromatic heterocycles. The first-order valence-corrected chi connectivity index (χ1v) is 10.3. The lowest BCUT2D eigenvalue weighted by molar-refractivity contribution is -0.153. The summed E-state index contributed by atoms with van der Waals surface area (Å²) in [5, 5.41) is 18.6. The van der Waals surface area contributed by atoms with Gasteiger partial charge in [0.1, 0.15) is 11.6 Å². The van der Waals surface area contributed by atoms with Crippen molar-refractivity contribution in [3.8, 4) is 5.75 Å². The topological polar surface area (TPSA) is 99.7 Å². The normalized spacial score (nSPS) is 32.5. The molecule has 1 aliphatic heterocycles. The highest BCUT2D eigenvalue weighted by molar-refractivity contribution is 6.30. The van der Waals surface area contributed by atoms with E-state index in [1.165, 1.54) is 12.1 Å². The number of benzene rings is 1. The van der Waals surface area contributed by atoms with E-state index in [1.807, 2.05) is 0 Å². The third-order valence-corrected chi connectivity index (χ3v) is 6.48. The molecule has 158 valence electrons. The fourth-order valence-electron chi connectivity index (χ4n) is 4.85. The second-order valence-corrected chi connectivity index (χ2v) is 8.96. The molecule has 1 aromatic carbocycles. The third kappa shape index (κ3) is 4.20. The molecular weight excluding hydrogens is 401 g/mol. The SMILES string of the molecule is O=C(COc1ccc(Cl)c(F)c1)NC12CC(NC(=O)C3CCNC(CO)C3)(C1)C2. The first-order valence-electron chi connectivity index (χ1n) is 9.87. The Hall–Kier alpha value is -1.90. The molecule has 7 nitrogen and oxygen atoms in total. The largest absolute Gasteiger partial charge is 0.484 e. The second-order valence-electron chi connectivity index (χ2n) is 8.55. The predicted octanol–water partition coefficient (Wildman–Crippen LogP) is 1.13. The predicted molar refractivity (Wildman–Crippen MR) is 104 cm³/mol. The maximum Gasteiger partial charge on any atom is 0.258 e. The van der Waals surface area contributed by atoms with Crippen LogP contribution in [0.2, 0.25) is 5.02 Å². The Morgan fingerprint density at radius 3 is 2.69 bits per heavy atom. The van der Waals surface area contributed by atoms with Crippen LogP contribution in [0.25, 0.3) is 0 Å². The van der Waals surface area contributed by atoms with Crippen LogP contribution in [0.4, 0.5) is 4.39 Å². The quantitative estimate of drug-likeness (QED) is 0.524. The Bertz CT molecular complexity index is 801. The van der Waals surface area contributed by atoms with Gasteiger partial charge in [0.15, 0.2) is 6.61 Å². The van der Waals surface area contributed by atoms with Gasteiger partial charge in [-0.2, -0.15) is 0 Å². The van der Waals surface area contributed by atoms with E-state index in [9.17, 15) is 19.1 Å². The van der Waals surface area contributed by atoms with Crippen LogP contribution >= 0.6 is 11.6 Å². The summed E-state index contributed by atoms with van der Waals surface area (Å²) in [5.41, 5.74) is -0.495. The number of halogens is 2. The molecule has 4 N–H and O–H groups in total. The number of piperidine rings is 1. The Morgan fingerprint density at radius 2 is 2.00 bits per heavy atom. The molecule has 9 heteroatoms. The molecule has 29 heavy (non-hydrogen) atoms. The maximum absolute atomic E-state index is 13.4. The monoisotopic (exact) mass is 425 g/mol. The van der Waals surface area contributed by atoms with Crippen molar-refractivity contribution >= 4 is 23.4 Å². The molecule has 5 rings (SSSR count). The van der Waals surface area contributed by atoms with E-state index in [1.54, 1.807) is 0 Å². The minimum absolute atomic E-state index is 0.000570. The van der Waals surface area contributed by atoms with E-state index in [-0.39, 0.29) is 58.8 Å². The fraction of sp³-hybridized carbons (Fsp3) is 0.600. The van der Waals surface area contributed by atoms with Crippen molar-refractivity contribution in [2.75, 3.05) is 19.8 Å². The van der Waals surface area contributed by atoms with Gasteiger partial charge in [0.25, 0.3) is 5.91 Å². The van der Waals surface area contributed by atoms with Crippen molar-refractivity contribution in [2.45, 2.75) is 49.2 Å². The molecule has 1 saturated heterocycles. The van der Waals surface area contributed by atoms with Crippen LogP contribution in [0.1, 0.15) is 32.1 Å². The van der Waals surface area contributed by atoms with E-state index < -0.39 is 5.82 Å². The summed E-state index contributed by atoms with van der Waals surface area (Å²) in [6.07, 6.45) is 3.54. The fourth-order valence-corrected chi connectivity index (χ4v) is 4.96. The molecule has 2 amide bonds. The standard InChI is InChI=1S/C20H25ClFN3O4/c21-15-2-1-14(6-16(15)22)29-8-17(27)24-19-9-20(10-19,11-19)25-18(28)12-3-4-23-13(5-12)7-26/h1-2,6,12-13,23,26H,3-5,7-11H2,(H,24,27)(H,25,28). The Morgan fingerprint density at radius 1 is 1.28 bits per heavy atom. The smallest absolute Gasteiger partial charge is 0.258 e. The second kappa shape index (κ2) is 7.74. The van der Waals surface area contributed by atoms with Crippen LogP contribution in [0.15, 0.2) is 18.2 Å². The minimum atomic E-state index is -0.597. The molecule has 1 aromatic rings. The molecule has 3 aliphatic carbocycles. The van der Waals surface area contributed by atoms with Gasteiger partial charge in [-0.25, -0.2) is 4.39 Å². The molecule has 4 aliphatic rings. The van der Waals surface area contributed by atoms with Gasteiger partial charge in [-0.05, 0) is 50.8 Å². The number of rotatable bonds is 7. The highest BCUT2D eigenvalue weighted by Gasteiger charge is 2.69. The summed E-state index contributed by atoms with van der Waals surface area (Å²) in [7, 11) is 0. The molecule has 4 fully saturated rings. The lowest BCUT2D eigenvalue weighted by Crippen LogP contribution is -2.84. The van der Waals surface area contributed by atoms with E-state index in [4.69, 9.17) is 16.3 Å². The van der Waals surface area contributed by atoms with Crippen LogP contribution in [0.5, 0.6) is 5.75 Å². The average Bonchev–Trinajstić information content (AvgIpc) is 2.66. The van der Waals surface area contributed by atoms with E-state index in [2.05, 4.69) is 16.0 Å². The Balaban J connectivity index is 1.20. The van der Waals surface area contributed by atoms with E-state index in [0.29, 0.717) is 25.7 Å². The highest BCUT2D eigenvalue weighted by Crippen LogP contribution is 2.60. The van der Waals surface area contributed by atoms with Gasteiger partial charge in [0.2, 0.25) is 5.91 Å². The van der Waals surface area contributed by atoms with Crippen molar-refractivity contribution < 1.29 is 23.8 Å². The Labute approximate surface area is 173 Å². The van der Waals surface area contributed by atoms with Crippen molar-refractivity contribution in [3.63, 3.8) is 0 Å². The maximum atomic E-state index is 13.4. The number of hydrogen-bond acceptors (Lipinski definition) is 5. The van der Waals surface area contributed by atoms with Crippen LogP contribution in [0, 0.1) is 11.7 Å². The van der Waals surface area contributed by atoms with Crippen molar-refractivity contribution in [1.82, 2.24) is 16.0 Å². The summed E-state index contributed by atoms with van der Waals surface area (Å²) >= 11 is 5.62. The van der Waals surface area contributed by atoms with Gasteiger partial charge < -0.3 is 25.8 Å². The summed E-state index contributed by atoms with van der Waals surface area (Å²) in [4.78, 5) is 24.7. The molecule has 2 bridgehead atoms. The number of aliphatic hydroxyl groups is 1. The summed E-state index contributed by atoms with van der Waals surface area (Å²) < 4.78 is 18.7. The number of carbonyl (C=O) groups excluding carboxylic acids is 2. The van der Waals surface area contributed by atoms with E-state index >= 15 is 0 Å². The summed E-state index contributed by atoms with van der Waals surface area (Å²) in [6, 6.07) is 4.01. The first kappa shape index (κ1) is 20.4. The minimum Gasteiger partial charge on any atom is -0.484 e. The molecular formula is C20H25ClFN3O4. The Kier molecular flexibility index (Phi) is 5.44. The lowest BCUT2D eigenvalue weighted by atomic mass is 9.44. The van der Waals surface area contributed by atoms with Gasteiger partial charge in [0.05, 0.1) is 11.6 Å². The van der Waals surface area contributed by atoms with Crippen LogP contribution in [-0.2, 0) is 9.59 Å². The van der Waals surface area contributed by atoms with Gasteiger partial charge in [0, 0.05) is 29.1 Å². The summed E-state index contributed by atoms with van der Waals surface area (Å²) in [6.45, 7) is 0.558. The number of hydrogen-bond donors (Lipinski definition) is 4. The first-order chi connectivity index (χ1) is 13.8. The molecule has 2 atom stereocenters. The van der Waals surface area contributed by atoms with Crippen LogP contribution in [0.3, 0.4) is 0 Å². The van der Waals surface area contributed by atoms with Crippen molar-refractivity contribution in [1.29, 1.82) is 0 Å². The lowest BCUT2D eigenvalue weighted by Gasteiger charge is -2.70. The molecule has 2 unspecified atom stereocenters. The van der Waals surface area contributed by atoms with Crippen LogP contribution < -0.4 is 20.7 Å². The summed E-state index contributed by atoms with van der Waals surface area (Å²) in [5.74, 6) is -0.671.